The number of nitrogens with one attached hydrogen (secondary N) is 1. The van der Waals surface area contributed by atoms with Crippen LogP contribution >= 0.6 is 0 Å². The predicted octanol–water partition coefficient (Wildman–Crippen LogP) is 3.07. The zero-order valence-corrected chi connectivity index (χ0v) is 15.5. The van der Waals surface area contributed by atoms with Crippen LogP contribution in [0.15, 0.2) is 54.9 Å². The topological polar surface area (TPSA) is 66.3 Å². The molecule has 1 saturated heterocycles. The summed E-state index contributed by atoms with van der Waals surface area (Å²) in [5, 5.41) is 2.64. The van der Waals surface area contributed by atoms with E-state index in [1.165, 1.54) is 6.07 Å². The van der Waals surface area contributed by atoms with Crippen molar-refractivity contribution in [2.45, 2.75) is 6.92 Å². The molecule has 1 aliphatic heterocycles. The van der Waals surface area contributed by atoms with Crippen molar-refractivity contribution in [3.63, 3.8) is 0 Å². The first kappa shape index (κ1) is 18.0. The number of aryl methyl sites for hydroxylation is 1. The number of rotatable bonds is 3. The fraction of sp³-hybridized carbons (Fsp3) is 0.250. The number of hydrogen-bond donors (Lipinski definition) is 1. The van der Waals surface area contributed by atoms with Gasteiger partial charge in [0.2, 0.25) is 0 Å². The first-order chi connectivity index (χ1) is 13.6. The lowest BCUT2D eigenvalue weighted by Crippen LogP contribution is -2.50. The average Bonchev–Trinajstić information content (AvgIpc) is 3.24. The van der Waals surface area contributed by atoms with Crippen LogP contribution in [0.25, 0.3) is 5.82 Å². The number of aromatic nitrogens is 3. The fourth-order valence-corrected chi connectivity index (χ4v) is 3.21. The predicted molar refractivity (Wildman–Crippen MR) is 105 cm³/mol. The lowest BCUT2D eigenvalue weighted by molar-refractivity contribution is 0.208. The SMILES string of the molecule is Cc1nc(N2CCN(C(=O)Nc3ccccc3F)CC2)cc(-n2cccc2)n1. The van der Waals surface area contributed by atoms with Crippen molar-refractivity contribution in [1.82, 2.24) is 19.4 Å². The number of halogens is 1. The van der Waals surface area contributed by atoms with E-state index in [9.17, 15) is 9.18 Å². The summed E-state index contributed by atoms with van der Waals surface area (Å²) in [6.45, 7) is 4.22. The number of hydrogen-bond acceptors (Lipinski definition) is 4. The van der Waals surface area contributed by atoms with Gasteiger partial charge in [-0.3, -0.25) is 0 Å². The van der Waals surface area contributed by atoms with Crippen molar-refractivity contribution in [3.8, 4) is 5.82 Å². The summed E-state index contributed by atoms with van der Waals surface area (Å²) in [4.78, 5) is 25.3. The van der Waals surface area contributed by atoms with Crippen LogP contribution < -0.4 is 10.2 Å². The van der Waals surface area contributed by atoms with Crippen molar-refractivity contribution in [3.05, 3.63) is 66.5 Å². The molecule has 1 aromatic carbocycles. The molecule has 0 spiro atoms. The highest BCUT2D eigenvalue weighted by Crippen LogP contribution is 2.19. The minimum atomic E-state index is -0.441. The molecule has 0 unspecified atom stereocenters. The second-order valence-corrected chi connectivity index (χ2v) is 6.61. The second kappa shape index (κ2) is 7.67. The minimum Gasteiger partial charge on any atom is -0.353 e. The number of para-hydroxylation sites is 1. The zero-order valence-electron chi connectivity index (χ0n) is 15.5. The van der Waals surface area contributed by atoms with Gasteiger partial charge in [-0.05, 0) is 31.2 Å². The van der Waals surface area contributed by atoms with Gasteiger partial charge in [0.25, 0.3) is 0 Å². The summed E-state index contributed by atoms with van der Waals surface area (Å²) in [6, 6.07) is 11.7. The molecule has 2 amide bonds. The van der Waals surface area contributed by atoms with Gasteiger partial charge in [-0.25, -0.2) is 19.2 Å². The van der Waals surface area contributed by atoms with Crippen LogP contribution in [0.5, 0.6) is 0 Å². The maximum atomic E-state index is 13.7. The monoisotopic (exact) mass is 380 g/mol. The van der Waals surface area contributed by atoms with Crippen molar-refractivity contribution in [2.24, 2.45) is 0 Å². The van der Waals surface area contributed by atoms with E-state index in [0.717, 1.165) is 11.6 Å². The van der Waals surface area contributed by atoms with E-state index in [-0.39, 0.29) is 11.7 Å². The zero-order chi connectivity index (χ0) is 19.5. The maximum Gasteiger partial charge on any atom is 0.322 e. The molecule has 3 heterocycles. The molecule has 1 aliphatic rings. The van der Waals surface area contributed by atoms with Gasteiger partial charge in [0.15, 0.2) is 0 Å². The van der Waals surface area contributed by atoms with Crippen molar-refractivity contribution in [2.75, 3.05) is 36.4 Å². The molecule has 1 fully saturated rings. The van der Waals surface area contributed by atoms with Crippen LogP contribution in [-0.4, -0.2) is 51.6 Å². The number of urea groups is 1. The van der Waals surface area contributed by atoms with Gasteiger partial charge >= 0.3 is 6.03 Å². The Morgan fingerprint density at radius 2 is 1.68 bits per heavy atom. The smallest absolute Gasteiger partial charge is 0.322 e. The first-order valence-electron chi connectivity index (χ1n) is 9.14. The minimum absolute atomic E-state index is 0.192. The Kier molecular flexibility index (Phi) is 4.92. The highest BCUT2D eigenvalue weighted by molar-refractivity contribution is 5.89. The lowest BCUT2D eigenvalue weighted by atomic mass is 10.3. The first-order valence-corrected chi connectivity index (χ1v) is 9.14. The molecule has 28 heavy (non-hydrogen) atoms. The Bertz CT molecular complexity index is 967. The van der Waals surface area contributed by atoms with Gasteiger partial charge in [0.05, 0.1) is 5.69 Å². The average molecular weight is 380 g/mol. The molecule has 0 bridgehead atoms. The molecule has 3 aromatic rings. The highest BCUT2D eigenvalue weighted by Gasteiger charge is 2.23. The van der Waals surface area contributed by atoms with Gasteiger partial charge in [0, 0.05) is 44.6 Å². The van der Waals surface area contributed by atoms with Crippen LogP contribution in [0, 0.1) is 12.7 Å². The van der Waals surface area contributed by atoms with Crippen molar-refractivity contribution >= 4 is 17.5 Å². The van der Waals surface area contributed by atoms with Gasteiger partial charge < -0.3 is 19.7 Å². The molecule has 144 valence electrons. The van der Waals surface area contributed by atoms with Gasteiger partial charge in [-0.15, -0.1) is 0 Å². The molecular weight excluding hydrogens is 359 g/mol. The van der Waals surface area contributed by atoms with Crippen LogP contribution in [0.1, 0.15) is 5.82 Å². The third-order valence-corrected chi connectivity index (χ3v) is 4.69. The second-order valence-electron chi connectivity index (χ2n) is 6.61. The number of piperazine rings is 1. The lowest BCUT2D eigenvalue weighted by Gasteiger charge is -2.35. The molecule has 2 aromatic heterocycles. The van der Waals surface area contributed by atoms with E-state index in [4.69, 9.17) is 0 Å². The van der Waals surface area contributed by atoms with Crippen LogP contribution in [0.2, 0.25) is 0 Å². The Morgan fingerprint density at radius 1 is 1.00 bits per heavy atom. The number of anilines is 2. The fourth-order valence-electron chi connectivity index (χ4n) is 3.21. The summed E-state index contributed by atoms with van der Waals surface area (Å²) >= 11 is 0. The summed E-state index contributed by atoms with van der Waals surface area (Å²) in [5.41, 5.74) is 0.192. The Hall–Kier alpha value is -3.42. The summed E-state index contributed by atoms with van der Waals surface area (Å²) < 4.78 is 15.7. The maximum absolute atomic E-state index is 13.7. The molecule has 7 nitrogen and oxygen atoms in total. The molecular formula is C20H21FN6O. The third-order valence-electron chi connectivity index (χ3n) is 4.69. The van der Waals surface area contributed by atoms with Crippen LogP contribution in [0.3, 0.4) is 0 Å². The molecule has 4 rings (SSSR count). The van der Waals surface area contributed by atoms with E-state index in [1.54, 1.807) is 23.1 Å². The van der Waals surface area contributed by atoms with Gasteiger partial charge in [-0.1, -0.05) is 12.1 Å². The highest BCUT2D eigenvalue weighted by atomic mass is 19.1. The standard InChI is InChI=1S/C20H21FN6O/c1-15-22-18(25-8-4-5-9-25)14-19(23-15)26-10-12-27(13-11-26)20(28)24-17-7-3-2-6-16(17)21/h2-9,14H,10-13H2,1H3,(H,24,28). The van der Waals surface area contributed by atoms with Crippen molar-refractivity contribution < 1.29 is 9.18 Å². The Balaban J connectivity index is 1.42. The van der Waals surface area contributed by atoms with E-state index in [1.807, 2.05) is 42.1 Å². The Morgan fingerprint density at radius 3 is 2.39 bits per heavy atom. The molecule has 0 aliphatic carbocycles. The number of amides is 2. The summed E-state index contributed by atoms with van der Waals surface area (Å²) in [5.74, 6) is 1.90. The normalized spacial score (nSPS) is 14.2. The van der Waals surface area contributed by atoms with Crippen molar-refractivity contribution in [1.29, 1.82) is 0 Å². The molecule has 8 heteroatoms. The van der Waals surface area contributed by atoms with E-state index in [0.29, 0.717) is 32.0 Å². The molecule has 1 N–H and O–H groups in total. The number of benzene rings is 1. The van der Waals surface area contributed by atoms with E-state index in [2.05, 4.69) is 20.2 Å². The summed E-state index contributed by atoms with van der Waals surface area (Å²) in [6.07, 6.45) is 3.88. The van der Waals surface area contributed by atoms with Crippen LogP contribution in [-0.2, 0) is 0 Å². The van der Waals surface area contributed by atoms with Gasteiger partial charge in [0.1, 0.15) is 23.3 Å². The largest absolute Gasteiger partial charge is 0.353 e. The van der Waals surface area contributed by atoms with Crippen LogP contribution in [0.4, 0.5) is 20.7 Å². The number of carbonyl (C=O) groups excluding carboxylic acids is 1. The van der Waals surface area contributed by atoms with Gasteiger partial charge in [-0.2, -0.15) is 0 Å². The summed E-state index contributed by atoms with van der Waals surface area (Å²) in [7, 11) is 0. The quantitative estimate of drug-likeness (QED) is 0.758. The molecule has 0 atom stereocenters. The number of carbonyl (C=O) groups is 1. The third kappa shape index (κ3) is 3.80. The molecule has 0 saturated carbocycles. The Labute approximate surface area is 162 Å². The van der Waals surface area contributed by atoms with E-state index >= 15 is 0 Å². The number of nitrogens with zero attached hydrogens (tertiary/aromatic N) is 5. The van der Waals surface area contributed by atoms with E-state index < -0.39 is 5.82 Å². The molecule has 0 radical (unpaired) electrons.